The summed E-state index contributed by atoms with van der Waals surface area (Å²) >= 11 is 7.79. The number of rotatable bonds is 6. The van der Waals surface area contributed by atoms with E-state index in [2.05, 4.69) is 15.5 Å². The quantitative estimate of drug-likeness (QED) is 0.640. The van der Waals surface area contributed by atoms with Crippen LogP contribution in [0.4, 0.5) is 0 Å². The fraction of sp³-hybridized carbons (Fsp3) is 0.278. The van der Waals surface area contributed by atoms with Gasteiger partial charge in [-0.05, 0) is 23.9 Å². The van der Waals surface area contributed by atoms with Crippen LogP contribution in [0.25, 0.3) is 10.8 Å². The number of aryl methyl sites for hydroxylation is 1. The molecule has 2 aromatic carbocycles. The summed E-state index contributed by atoms with van der Waals surface area (Å²) in [7, 11) is 0. The highest BCUT2D eigenvalue weighted by atomic mass is 35.5. The molecule has 0 aliphatic carbocycles. The molecule has 0 aliphatic rings. The van der Waals surface area contributed by atoms with Crippen LogP contribution >= 0.6 is 23.4 Å². The molecule has 0 bridgehead atoms. The summed E-state index contributed by atoms with van der Waals surface area (Å²) in [5.74, 6) is 1.20. The SMILES string of the molecule is CC[C@H](NC(=O)CSc1cccc2cccc(Cl)c12)c1noc(C)n1. The van der Waals surface area contributed by atoms with Crippen molar-refractivity contribution in [2.45, 2.75) is 31.2 Å². The molecule has 1 amide bonds. The Kier molecular flexibility index (Phi) is 5.60. The Balaban J connectivity index is 1.68. The largest absolute Gasteiger partial charge is 0.345 e. The van der Waals surface area contributed by atoms with E-state index in [-0.39, 0.29) is 17.7 Å². The van der Waals surface area contributed by atoms with Crippen LogP contribution in [0.5, 0.6) is 0 Å². The third kappa shape index (κ3) is 4.14. The Morgan fingerprint density at radius 3 is 2.76 bits per heavy atom. The van der Waals surface area contributed by atoms with Crippen LogP contribution in [0.15, 0.2) is 45.8 Å². The molecule has 130 valence electrons. The molecule has 0 saturated heterocycles. The van der Waals surface area contributed by atoms with Crippen LogP contribution in [0.3, 0.4) is 0 Å². The van der Waals surface area contributed by atoms with Crippen molar-refractivity contribution in [2.24, 2.45) is 0 Å². The molecule has 0 fully saturated rings. The van der Waals surface area contributed by atoms with Crippen molar-refractivity contribution in [2.75, 3.05) is 5.75 Å². The molecule has 5 nitrogen and oxygen atoms in total. The van der Waals surface area contributed by atoms with Gasteiger partial charge in [-0.25, -0.2) is 0 Å². The molecule has 1 N–H and O–H groups in total. The molecule has 1 aromatic heterocycles. The molecule has 25 heavy (non-hydrogen) atoms. The lowest BCUT2D eigenvalue weighted by molar-refractivity contribution is -0.119. The van der Waals surface area contributed by atoms with E-state index in [4.69, 9.17) is 16.1 Å². The first-order chi connectivity index (χ1) is 12.1. The van der Waals surface area contributed by atoms with Crippen molar-refractivity contribution in [3.05, 3.63) is 53.1 Å². The fourth-order valence-electron chi connectivity index (χ4n) is 2.57. The van der Waals surface area contributed by atoms with E-state index in [0.717, 1.165) is 15.7 Å². The Morgan fingerprint density at radius 2 is 2.08 bits per heavy atom. The molecule has 0 aliphatic heterocycles. The second-order valence-corrected chi connectivity index (χ2v) is 7.01. The van der Waals surface area contributed by atoms with E-state index in [0.29, 0.717) is 23.2 Å². The van der Waals surface area contributed by atoms with E-state index >= 15 is 0 Å². The molecule has 3 rings (SSSR count). The molecule has 1 heterocycles. The molecule has 0 saturated carbocycles. The zero-order valence-corrected chi connectivity index (χ0v) is 15.5. The van der Waals surface area contributed by atoms with Gasteiger partial charge in [-0.2, -0.15) is 4.98 Å². The number of carbonyl (C=O) groups excluding carboxylic acids is 1. The Morgan fingerprint density at radius 1 is 1.32 bits per heavy atom. The highest BCUT2D eigenvalue weighted by Crippen LogP contribution is 2.33. The minimum absolute atomic E-state index is 0.0802. The lowest BCUT2D eigenvalue weighted by atomic mass is 10.1. The van der Waals surface area contributed by atoms with Gasteiger partial charge in [-0.3, -0.25) is 4.79 Å². The molecular formula is C18H18ClN3O2S. The number of thioether (sulfide) groups is 1. The maximum absolute atomic E-state index is 12.3. The number of benzene rings is 2. The summed E-state index contributed by atoms with van der Waals surface area (Å²) in [6, 6.07) is 11.5. The average molecular weight is 376 g/mol. The first-order valence-electron chi connectivity index (χ1n) is 7.98. The monoisotopic (exact) mass is 375 g/mol. The first-order valence-corrected chi connectivity index (χ1v) is 9.34. The number of nitrogens with one attached hydrogen (secondary N) is 1. The Labute approximate surface area is 155 Å². The highest BCUT2D eigenvalue weighted by molar-refractivity contribution is 8.00. The standard InChI is InChI=1S/C18H18ClN3O2S/c1-3-14(18-20-11(2)24-22-18)21-16(23)10-25-15-9-5-7-12-6-4-8-13(19)17(12)15/h4-9,14H,3,10H2,1-2H3,(H,21,23)/t14-/m0/s1. The van der Waals surface area contributed by atoms with Crippen LogP contribution < -0.4 is 5.32 Å². The zero-order valence-electron chi connectivity index (χ0n) is 14.0. The van der Waals surface area contributed by atoms with Gasteiger partial charge in [-0.15, -0.1) is 11.8 Å². The van der Waals surface area contributed by atoms with Crippen LogP contribution in [-0.2, 0) is 4.79 Å². The third-order valence-electron chi connectivity index (χ3n) is 3.77. The number of carbonyl (C=O) groups is 1. The highest BCUT2D eigenvalue weighted by Gasteiger charge is 2.18. The van der Waals surface area contributed by atoms with Gasteiger partial charge in [0.15, 0.2) is 5.82 Å². The minimum atomic E-state index is -0.248. The number of hydrogen-bond acceptors (Lipinski definition) is 5. The summed E-state index contributed by atoms with van der Waals surface area (Å²) in [5, 5.41) is 9.57. The summed E-state index contributed by atoms with van der Waals surface area (Å²) in [4.78, 5) is 17.5. The van der Waals surface area contributed by atoms with Crippen molar-refractivity contribution in [1.82, 2.24) is 15.5 Å². The maximum atomic E-state index is 12.3. The number of hydrogen-bond donors (Lipinski definition) is 1. The molecule has 0 radical (unpaired) electrons. The van der Waals surface area contributed by atoms with E-state index in [9.17, 15) is 4.79 Å². The Hall–Kier alpha value is -2.05. The van der Waals surface area contributed by atoms with Crippen LogP contribution in [0.2, 0.25) is 5.02 Å². The normalized spacial score (nSPS) is 12.3. The predicted octanol–water partition coefficient (Wildman–Crippen LogP) is 4.54. The van der Waals surface area contributed by atoms with Gasteiger partial charge >= 0.3 is 0 Å². The fourth-order valence-corrected chi connectivity index (χ4v) is 3.82. The number of aromatic nitrogens is 2. The van der Waals surface area contributed by atoms with Crippen LogP contribution in [0, 0.1) is 6.92 Å². The summed E-state index contributed by atoms with van der Waals surface area (Å²) in [6.07, 6.45) is 0.690. The van der Waals surface area contributed by atoms with Crippen LogP contribution in [0.1, 0.15) is 31.1 Å². The van der Waals surface area contributed by atoms with Crippen LogP contribution in [-0.4, -0.2) is 21.8 Å². The summed E-state index contributed by atoms with van der Waals surface area (Å²) in [5.41, 5.74) is 0. The van der Waals surface area contributed by atoms with Gasteiger partial charge < -0.3 is 9.84 Å². The molecule has 1 atom stereocenters. The molecule has 3 aromatic rings. The molecular weight excluding hydrogens is 358 g/mol. The van der Waals surface area contributed by atoms with E-state index in [1.165, 1.54) is 11.8 Å². The number of amides is 1. The van der Waals surface area contributed by atoms with Gasteiger partial charge in [0.05, 0.1) is 11.8 Å². The van der Waals surface area contributed by atoms with Gasteiger partial charge in [0.1, 0.15) is 0 Å². The van der Waals surface area contributed by atoms with Gasteiger partial charge in [0, 0.05) is 22.2 Å². The lowest BCUT2D eigenvalue weighted by Gasteiger charge is -2.13. The Bertz CT molecular complexity index is 892. The van der Waals surface area contributed by atoms with E-state index in [1.54, 1.807) is 6.92 Å². The smallest absolute Gasteiger partial charge is 0.230 e. The molecule has 7 heteroatoms. The zero-order chi connectivity index (χ0) is 17.8. The predicted molar refractivity (Wildman–Crippen MR) is 99.9 cm³/mol. The van der Waals surface area contributed by atoms with Gasteiger partial charge in [0.25, 0.3) is 0 Å². The van der Waals surface area contributed by atoms with Gasteiger partial charge in [0.2, 0.25) is 11.8 Å². The maximum Gasteiger partial charge on any atom is 0.230 e. The number of halogens is 1. The van der Waals surface area contributed by atoms with Gasteiger partial charge in [-0.1, -0.05) is 47.9 Å². The van der Waals surface area contributed by atoms with Crippen molar-refractivity contribution in [3.63, 3.8) is 0 Å². The second-order valence-electron chi connectivity index (χ2n) is 5.58. The molecule has 0 unspecified atom stereocenters. The van der Waals surface area contributed by atoms with E-state index < -0.39 is 0 Å². The van der Waals surface area contributed by atoms with Crippen molar-refractivity contribution in [1.29, 1.82) is 0 Å². The number of nitrogens with zero attached hydrogens (tertiary/aromatic N) is 2. The number of fused-ring (bicyclic) bond motifs is 1. The third-order valence-corrected chi connectivity index (χ3v) is 5.15. The van der Waals surface area contributed by atoms with Crippen molar-refractivity contribution < 1.29 is 9.32 Å². The minimum Gasteiger partial charge on any atom is -0.345 e. The lowest BCUT2D eigenvalue weighted by Crippen LogP contribution is -2.30. The summed E-state index contributed by atoms with van der Waals surface area (Å²) in [6.45, 7) is 3.69. The summed E-state index contributed by atoms with van der Waals surface area (Å²) < 4.78 is 4.99. The average Bonchev–Trinajstić information content (AvgIpc) is 3.04. The van der Waals surface area contributed by atoms with E-state index in [1.807, 2.05) is 43.3 Å². The molecule has 0 spiro atoms. The van der Waals surface area contributed by atoms with Crippen molar-refractivity contribution >= 4 is 40.0 Å². The topological polar surface area (TPSA) is 68.0 Å². The van der Waals surface area contributed by atoms with Crippen molar-refractivity contribution in [3.8, 4) is 0 Å². The second kappa shape index (κ2) is 7.89. The first kappa shape index (κ1) is 17.8.